The Morgan fingerprint density at radius 2 is 1.87 bits per heavy atom. The van der Waals surface area contributed by atoms with Gasteiger partial charge in [-0.05, 0) is 23.6 Å². The maximum absolute atomic E-state index is 5.55. The van der Waals surface area contributed by atoms with Gasteiger partial charge in [-0.1, -0.05) is 49.3 Å². The third-order valence-corrected chi connectivity index (χ3v) is 3.51. The fraction of sp³-hybridized carbons (Fsp3) is 0.278. The molecule has 0 bridgehead atoms. The largest absolute Gasteiger partial charge is 0.365 e. The fourth-order valence-electron chi connectivity index (χ4n) is 2.17. The third-order valence-electron chi connectivity index (χ3n) is 3.51. The molecule has 1 aromatic carbocycles. The molecule has 0 aliphatic carbocycles. The van der Waals surface area contributed by atoms with Crippen LogP contribution in [0.5, 0.6) is 0 Å². The zero-order valence-electron chi connectivity index (χ0n) is 13.3. The van der Waals surface area contributed by atoms with Crippen molar-refractivity contribution in [3.8, 4) is 11.4 Å². The predicted molar refractivity (Wildman–Crippen MR) is 86.6 cm³/mol. The van der Waals surface area contributed by atoms with Crippen molar-refractivity contribution in [3.63, 3.8) is 0 Å². The number of rotatable bonds is 6. The summed E-state index contributed by atoms with van der Waals surface area (Å²) < 4.78 is 10.8. The van der Waals surface area contributed by atoms with Crippen LogP contribution in [0.25, 0.3) is 11.4 Å². The van der Waals surface area contributed by atoms with Gasteiger partial charge in [-0.3, -0.25) is 4.98 Å². The van der Waals surface area contributed by atoms with Gasteiger partial charge in [0.05, 0.1) is 12.3 Å². The number of benzene rings is 1. The smallest absolute Gasteiger partial charge is 0.252 e. The number of aromatic nitrogens is 3. The van der Waals surface area contributed by atoms with E-state index < -0.39 is 0 Å². The molecule has 0 fully saturated rings. The molecule has 3 aromatic rings. The summed E-state index contributed by atoms with van der Waals surface area (Å²) in [6, 6.07) is 13.9. The van der Waals surface area contributed by atoms with Crippen molar-refractivity contribution in [2.24, 2.45) is 0 Å². The molecule has 0 spiro atoms. The summed E-state index contributed by atoms with van der Waals surface area (Å²) in [7, 11) is 0. The first-order valence-electron chi connectivity index (χ1n) is 7.63. The lowest BCUT2D eigenvalue weighted by Gasteiger charge is -2.04. The van der Waals surface area contributed by atoms with Gasteiger partial charge in [0.15, 0.2) is 0 Å². The van der Waals surface area contributed by atoms with Gasteiger partial charge in [0, 0.05) is 11.8 Å². The second kappa shape index (κ2) is 7.15. The maximum atomic E-state index is 5.55. The zero-order chi connectivity index (χ0) is 16.1. The van der Waals surface area contributed by atoms with E-state index in [0.29, 0.717) is 24.2 Å². The Hall–Kier alpha value is -2.53. The van der Waals surface area contributed by atoms with Gasteiger partial charge in [-0.2, -0.15) is 4.98 Å². The van der Waals surface area contributed by atoms with E-state index in [0.717, 1.165) is 11.3 Å². The molecule has 0 aliphatic heterocycles. The van der Waals surface area contributed by atoms with E-state index in [2.05, 4.69) is 41.1 Å². The normalized spacial score (nSPS) is 11.1. The van der Waals surface area contributed by atoms with Crippen LogP contribution in [0, 0.1) is 0 Å². The Labute approximate surface area is 135 Å². The second-order valence-electron chi connectivity index (χ2n) is 5.60. The first-order valence-corrected chi connectivity index (χ1v) is 7.63. The fourth-order valence-corrected chi connectivity index (χ4v) is 2.17. The van der Waals surface area contributed by atoms with Crippen LogP contribution >= 0.6 is 0 Å². The average Bonchev–Trinajstić information content (AvgIpc) is 3.05. The summed E-state index contributed by atoms with van der Waals surface area (Å²) in [5.41, 5.74) is 3.10. The highest BCUT2D eigenvalue weighted by atomic mass is 16.5. The van der Waals surface area contributed by atoms with E-state index in [1.807, 2.05) is 30.3 Å². The highest BCUT2D eigenvalue weighted by Crippen LogP contribution is 2.20. The molecule has 0 amide bonds. The standard InChI is InChI=1S/C18H19N3O2/c1-13(2)14-6-8-15(9-7-14)18-20-17(23-21-18)12-22-11-16-5-3-4-10-19-16/h3-10,13H,11-12H2,1-2H3. The second-order valence-corrected chi connectivity index (χ2v) is 5.60. The summed E-state index contributed by atoms with van der Waals surface area (Å²) in [4.78, 5) is 8.56. The lowest BCUT2D eigenvalue weighted by Crippen LogP contribution is -1.96. The Bertz CT molecular complexity index is 736. The molecule has 118 valence electrons. The predicted octanol–water partition coefficient (Wildman–Crippen LogP) is 3.97. The van der Waals surface area contributed by atoms with E-state index in [4.69, 9.17) is 9.26 Å². The Balaban J connectivity index is 1.59. The molecule has 0 N–H and O–H groups in total. The van der Waals surface area contributed by atoms with Gasteiger partial charge in [-0.25, -0.2) is 0 Å². The molecule has 5 nitrogen and oxygen atoms in total. The van der Waals surface area contributed by atoms with Crippen molar-refractivity contribution in [2.45, 2.75) is 33.0 Å². The van der Waals surface area contributed by atoms with Crippen molar-refractivity contribution >= 4 is 0 Å². The third kappa shape index (κ3) is 4.02. The first-order chi connectivity index (χ1) is 11.2. The topological polar surface area (TPSA) is 61.0 Å². The van der Waals surface area contributed by atoms with Gasteiger partial charge in [0.1, 0.15) is 6.61 Å². The summed E-state index contributed by atoms with van der Waals surface area (Å²) >= 11 is 0. The molecule has 23 heavy (non-hydrogen) atoms. The number of nitrogens with zero attached hydrogens (tertiary/aromatic N) is 3. The van der Waals surface area contributed by atoms with Crippen LogP contribution in [0.3, 0.4) is 0 Å². The molecule has 3 rings (SSSR count). The summed E-state index contributed by atoms with van der Waals surface area (Å²) in [6.45, 7) is 5.02. The van der Waals surface area contributed by atoms with Gasteiger partial charge in [0.25, 0.3) is 5.89 Å². The zero-order valence-corrected chi connectivity index (χ0v) is 13.3. The monoisotopic (exact) mass is 309 g/mol. The Kier molecular flexibility index (Phi) is 4.78. The maximum Gasteiger partial charge on any atom is 0.252 e. The molecular formula is C18H19N3O2. The van der Waals surface area contributed by atoms with Gasteiger partial charge < -0.3 is 9.26 Å². The number of hydrogen-bond acceptors (Lipinski definition) is 5. The minimum atomic E-state index is 0.271. The minimum Gasteiger partial charge on any atom is -0.365 e. The summed E-state index contributed by atoms with van der Waals surface area (Å²) in [6.07, 6.45) is 1.74. The minimum absolute atomic E-state index is 0.271. The first kappa shape index (κ1) is 15.4. The van der Waals surface area contributed by atoms with Crippen molar-refractivity contribution in [1.82, 2.24) is 15.1 Å². The number of ether oxygens (including phenoxy) is 1. The molecule has 2 aromatic heterocycles. The summed E-state index contributed by atoms with van der Waals surface area (Å²) in [5.74, 6) is 1.55. The van der Waals surface area contributed by atoms with Crippen molar-refractivity contribution in [2.75, 3.05) is 0 Å². The Morgan fingerprint density at radius 3 is 2.57 bits per heavy atom. The van der Waals surface area contributed by atoms with Crippen LogP contribution in [-0.2, 0) is 18.0 Å². The van der Waals surface area contributed by atoms with Crippen LogP contribution in [0.2, 0.25) is 0 Å². The van der Waals surface area contributed by atoms with Crippen LogP contribution < -0.4 is 0 Å². The van der Waals surface area contributed by atoms with Crippen LogP contribution in [-0.4, -0.2) is 15.1 Å². The summed E-state index contributed by atoms with van der Waals surface area (Å²) in [5, 5.41) is 4.00. The quantitative estimate of drug-likeness (QED) is 0.689. The van der Waals surface area contributed by atoms with Crippen molar-refractivity contribution < 1.29 is 9.26 Å². The average molecular weight is 309 g/mol. The molecule has 2 heterocycles. The molecule has 5 heteroatoms. The molecule has 0 radical (unpaired) electrons. The van der Waals surface area contributed by atoms with E-state index in [1.54, 1.807) is 6.20 Å². The van der Waals surface area contributed by atoms with E-state index in [-0.39, 0.29) is 6.61 Å². The SMILES string of the molecule is CC(C)c1ccc(-c2noc(COCc3ccccn3)n2)cc1. The van der Waals surface area contributed by atoms with E-state index in [1.165, 1.54) is 5.56 Å². The van der Waals surface area contributed by atoms with E-state index in [9.17, 15) is 0 Å². The lowest BCUT2D eigenvalue weighted by molar-refractivity contribution is 0.0829. The van der Waals surface area contributed by atoms with E-state index >= 15 is 0 Å². The number of pyridine rings is 1. The Morgan fingerprint density at radius 1 is 1.04 bits per heavy atom. The molecule has 0 atom stereocenters. The highest BCUT2D eigenvalue weighted by molar-refractivity contribution is 5.54. The molecular weight excluding hydrogens is 290 g/mol. The lowest BCUT2D eigenvalue weighted by atomic mass is 10.0. The number of hydrogen-bond donors (Lipinski definition) is 0. The van der Waals surface area contributed by atoms with Gasteiger partial charge >= 0.3 is 0 Å². The van der Waals surface area contributed by atoms with Gasteiger partial charge in [-0.15, -0.1) is 0 Å². The molecule has 0 saturated carbocycles. The van der Waals surface area contributed by atoms with Crippen LogP contribution in [0.4, 0.5) is 0 Å². The van der Waals surface area contributed by atoms with Crippen LogP contribution in [0.1, 0.15) is 36.9 Å². The molecule has 0 saturated heterocycles. The van der Waals surface area contributed by atoms with Crippen molar-refractivity contribution in [3.05, 3.63) is 65.8 Å². The van der Waals surface area contributed by atoms with Crippen molar-refractivity contribution in [1.29, 1.82) is 0 Å². The molecule has 0 aliphatic rings. The van der Waals surface area contributed by atoms with Gasteiger partial charge in [0.2, 0.25) is 5.82 Å². The van der Waals surface area contributed by atoms with Crippen LogP contribution in [0.15, 0.2) is 53.2 Å². The molecule has 0 unspecified atom stereocenters. The highest BCUT2D eigenvalue weighted by Gasteiger charge is 2.09.